The number of carbonyl (C=O) groups excluding carboxylic acids is 1. The third-order valence-electron chi connectivity index (χ3n) is 4.12. The maximum Gasteiger partial charge on any atom is 0.331 e. The molecule has 2 aromatic rings. The van der Waals surface area contributed by atoms with Gasteiger partial charge in [-0.05, 0) is 41.8 Å². The van der Waals surface area contributed by atoms with Gasteiger partial charge in [-0.25, -0.2) is 4.79 Å². The van der Waals surface area contributed by atoms with Gasteiger partial charge in [0.15, 0.2) is 6.04 Å². The molecule has 0 spiro atoms. The Labute approximate surface area is 134 Å². The predicted molar refractivity (Wildman–Crippen MR) is 84.6 cm³/mol. The van der Waals surface area contributed by atoms with Crippen molar-refractivity contribution < 1.29 is 19.4 Å². The zero-order valence-electron chi connectivity index (χ0n) is 12.7. The maximum absolute atomic E-state index is 12.7. The summed E-state index contributed by atoms with van der Waals surface area (Å²) in [5, 5.41) is 9.62. The molecule has 23 heavy (non-hydrogen) atoms. The van der Waals surface area contributed by atoms with Gasteiger partial charge in [0.2, 0.25) is 0 Å². The summed E-state index contributed by atoms with van der Waals surface area (Å²) >= 11 is 0. The summed E-state index contributed by atoms with van der Waals surface area (Å²) in [5.41, 5.74) is 2.13. The SMILES string of the molecule is COc1ccc(C(=O)N2CCc3ccccc3C2C(=O)O)cc1. The summed E-state index contributed by atoms with van der Waals surface area (Å²) in [7, 11) is 1.55. The third kappa shape index (κ3) is 2.77. The normalized spacial score (nSPS) is 16.6. The minimum atomic E-state index is -1.01. The Hall–Kier alpha value is -2.82. The van der Waals surface area contributed by atoms with Gasteiger partial charge in [-0.15, -0.1) is 0 Å². The lowest BCUT2D eigenvalue weighted by molar-refractivity contribution is -0.143. The van der Waals surface area contributed by atoms with E-state index in [1.165, 1.54) is 4.90 Å². The molecule has 1 unspecified atom stereocenters. The quantitative estimate of drug-likeness (QED) is 0.946. The molecule has 1 amide bonds. The van der Waals surface area contributed by atoms with E-state index in [2.05, 4.69) is 0 Å². The summed E-state index contributed by atoms with van der Waals surface area (Å²) in [6.45, 7) is 0.388. The van der Waals surface area contributed by atoms with Gasteiger partial charge in [0, 0.05) is 12.1 Å². The molecule has 1 aliphatic rings. The van der Waals surface area contributed by atoms with Crippen LogP contribution in [0.3, 0.4) is 0 Å². The number of carbonyl (C=O) groups is 2. The zero-order valence-corrected chi connectivity index (χ0v) is 12.7. The van der Waals surface area contributed by atoms with E-state index in [9.17, 15) is 14.7 Å². The van der Waals surface area contributed by atoms with Crippen molar-refractivity contribution >= 4 is 11.9 Å². The summed E-state index contributed by atoms with van der Waals surface area (Å²) in [6.07, 6.45) is 0.655. The average Bonchev–Trinajstić information content (AvgIpc) is 2.60. The molecule has 3 rings (SSSR count). The first-order valence-electron chi connectivity index (χ1n) is 7.37. The van der Waals surface area contributed by atoms with Crippen LogP contribution in [-0.4, -0.2) is 35.5 Å². The van der Waals surface area contributed by atoms with Crippen LogP contribution in [0.5, 0.6) is 5.75 Å². The largest absolute Gasteiger partial charge is 0.497 e. The number of rotatable bonds is 3. The Morgan fingerprint density at radius 3 is 2.48 bits per heavy atom. The van der Waals surface area contributed by atoms with E-state index >= 15 is 0 Å². The average molecular weight is 311 g/mol. The van der Waals surface area contributed by atoms with Crippen LogP contribution in [0.4, 0.5) is 0 Å². The topological polar surface area (TPSA) is 66.8 Å². The van der Waals surface area contributed by atoms with Crippen molar-refractivity contribution in [2.75, 3.05) is 13.7 Å². The second-order valence-electron chi connectivity index (χ2n) is 5.42. The minimum Gasteiger partial charge on any atom is -0.497 e. The molecule has 0 radical (unpaired) electrons. The second kappa shape index (κ2) is 6.12. The van der Waals surface area contributed by atoms with E-state index in [-0.39, 0.29) is 5.91 Å². The molecule has 2 aromatic carbocycles. The number of carboxylic acids is 1. The van der Waals surface area contributed by atoms with Crippen molar-refractivity contribution in [2.24, 2.45) is 0 Å². The van der Waals surface area contributed by atoms with Crippen LogP contribution in [0.2, 0.25) is 0 Å². The van der Waals surface area contributed by atoms with Crippen LogP contribution in [-0.2, 0) is 11.2 Å². The zero-order chi connectivity index (χ0) is 16.4. The van der Waals surface area contributed by atoms with Gasteiger partial charge in [0.05, 0.1) is 7.11 Å². The van der Waals surface area contributed by atoms with Crippen molar-refractivity contribution in [3.63, 3.8) is 0 Å². The van der Waals surface area contributed by atoms with Crippen LogP contribution in [0.25, 0.3) is 0 Å². The fourth-order valence-corrected chi connectivity index (χ4v) is 2.95. The fraction of sp³-hybridized carbons (Fsp3) is 0.222. The van der Waals surface area contributed by atoms with Gasteiger partial charge in [-0.1, -0.05) is 24.3 Å². The lowest BCUT2D eigenvalue weighted by Crippen LogP contribution is -2.43. The van der Waals surface area contributed by atoms with E-state index in [0.717, 1.165) is 5.56 Å². The molecule has 1 aliphatic heterocycles. The summed E-state index contributed by atoms with van der Waals surface area (Å²) < 4.78 is 5.08. The summed E-state index contributed by atoms with van der Waals surface area (Å²) in [4.78, 5) is 25.9. The van der Waals surface area contributed by atoms with E-state index in [1.54, 1.807) is 43.5 Å². The molecule has 0 aliphatic carbocycles. The maximum atomic E-state index is 12.7. The Balaban J connectivity index is 1.95. The van der Waals surface area contributed by atoms with Crippen molar-refractivity contribution in [3.05, 3.63) is 65.2 Å². The van der Waals surface area contributed by atoms with Gasteiger partial charge >= 0.3 is 5.97 Å². The highest BCUT2D eigenvalue weighted by molar-refractivity contribution is 5.97. The van der Waals surface area contributed by atoms with Crippen LogP contribution in [0.15, 0.2) is 48.5 Å². The number of ether oxygens (including phenoxy) is 1. The molecule has 1 heterocycles. The molecular weight excluding hydrogens is 294 g/mol. The standard InChI is InChI=1S/C18H17NO4/c1-23-14-8-6-13(7-9-14)17(20)19-11-10-12-4-2-3-5-15(12)16(19)18(21)22/h2-9,16H,10-11H2,1H3,(H,21,22). The summed E-state index contributed by atoms with van der Waals surface area (Å²) in [5.74, 6) is -0.645. The van der Waals surface area contributed by atoms with Gasteiger partial charge in [0.25, 0.3) is 5.91 Å². The molecule has 118 valence electrons. The number of nitrogens with zero attached hydrogens (tertiary/aromatic N) is 1. The highest BCUT2D eigenvalue weighted by Crippen LogP contribution is 2.31. The number of amides is 1. The smallest absolute Gasteiger partial charge is 0.331 e. The Bertz CT molecular complexity index is 739. The molecule has 1 N–H and O–H groups in total. The lowest BCUT2D eigenvalue weighted by Gasteiger charge is -2.34. The molecule has 0 saturated carbocycles. The van der Waals surface area contributed by atoms with Crippen molar-refractivity contribution in [1.29, 1.82) is 0 Å². The highest BCUT2D eigenvalue weighted by Gasteiger charge is 2.36. The van der Waals surface area contributed by atoms with Crippen molar-refractivity contribution in [2.45, 2.75) is 12.5 Å². The minimum absolute atomic E-state index is 0.283. The third-order valence-corrected chi connectivity index (χ3v) is 4.12. The molecule has 0 aromatic heterocycles. The fourth-order valence-electron chi connectivity index (χ4n) is 2.95. The van der Waals surface area contributed by atoms with Gasteiger partial charge in [0.1, 0.15) is 5.75 Å². The molecule has 0 bridgehead atoms. The van der Waals surface area contributed by atoms with E-state index in [4.69, 9.17) is 4.74 Å². The van der Waals surface area contributed by atoms with Crippen LogP contribution in [0.1, 0.15) is 27.5 Å². The van der Waals surface area contributed by atoms with Gasteiger partial charge in [-0.3, -0.25) is 4.79 Å². The number of aliphatic carboxylic acids is 1. The summed E-state index contributed by atoms with van der Waals surface area (Å²) in [6, 6.07) is 13.1. The van der Waals surface area contributed by atoms with Crippen LogP contribution < -0.4 is 4.74 Å². The first-order chi connectivity index (χ1) is 11.1. The van der Waals surface area contributed by atoms with E-state index in [0.29, 0.717) is 29.8 Å². The second-order valence-corrected chi connectivity index (χ2v) is 5.42. The predicted octanol–water partition coefficient (Wildman–Crippen LogP) is 2.52. The number of fused-ring (bicyclic) bond motifs is 1. The molecule has 5 nitrogen and oxygen atoms in total. The number of benzene rings is 2. The Kier molecular flexibility index (Phi) is 4.02. The monoisotopic (exact) mass is 311 g/mol. The van der Waals surface area contributed by atoms with E-state index < -0.39 is 12.0 Å². The Morgan fingerprint density at radius 1 is 1.13 bits per heavy atom. The Morgan fingerprint density at radius 2 is 1.83 bits per heavy atom. The number of hydrogen-bond acceptors (Lipinski definition) is 3. The highest BCUT2D eigenvalue weighted by atomic mass is 16.5. The first kappa shape index (κ1) is 15.1. The molecule has 1 atom stereocenters. The number of hydrogen-bond donors (Lipinski definition) is 1. The lowest BCUT2D eigenvalue weighted by atomic mass is 9.92. The van der Waals surface area contributed by atoms with Crippen LogP contribution >= 0.6 is 0 Å². The van der Waals surface area contributed by atoms with Crippen molar-refractivity contribution in [1.82, 2.24) is 4.90 Å². The van der Waals surface area contributed by atoms with Crippen LogP contribution in [0, 0.1) is 0 Å². The molecule has 0 fully saturated rings. The first-order valence-corrected chi connectivity index (χ1v) is 7.37. The number of methoxy groups -OCH3 is 1. The molecular formula is C18H17NO4. The van der Waals surface area contributed by atoms with E-state index in [1.807, 2.05) is 12.1 Å². The van der Waals surface area contributed by atoms with Crippen molar-refractivity contribution in [3.8, 4) is 5.75 Å². The molecule has 5 heteroatoms. The van der Waals surface area contributed by atoms with Gasteiger partial charge < -0.3 is 14.7 Å². The molecule has 0 saturated heterocycles. The number of carboxylic acid groups (broad SMARTS) is 1. The van der Waals surface area contributed by atoms with Gasteiger partial charge in [-0.2, -0.15) is 0 Å².